The Morgan fingerprint density at radius 1 is 1.08 bits per heavy atom. The van der Waals surface area contributed by atoms with Crippen molar-refractivity contribution in [3.63, 3.8) is 0 Å². The molecule has 0 aliphatic carbocycles. The third kappa shape index (κ3) is 2.96. The lowest BCUT2D eigenvalue weighted by Gasteiger charge is -2.34. The molecule has 1 amide bonds. The average molecular weight is 348 g/mol. The fourth-order valence-electron chi connectivity index (χ4n) is 3.73. The number of hydrogen-bond donors (Lipinski definition) is 2. The van der Waals surface area contributed by atoms with Crippen molar-refractivity contribution in [1.29, 1.82) is 0 Å². The second-order valence-corrected chi connectivity index (χ2v) is 6.71. The van der Waals surface area contributed by atoms with Gasteiger partial charge in [0.05, 0.1) is 0 Å². The highest BCUT2D eigenvalue weighted by molar-refractivity contribution is 5.86. The van der Waals surface area contributed by atoms with E-state index in [9.17, 15) is 14.7 Å². The Bertz CT molecular complexity index is 976. The number of nitrogens with zero attached hydrogens (tertiary/aromatic N) is 1. The standard InChI is InChI=1S/C21H20N2O3/c24-20(10-9-15-12-22-18-8-4-3-7-17(15)18)23-13-16-6-2-1-5-14(16)11-19(23)21(25)26/h1-8,12,19,22H,9-11,13H2,(H,25,26)/t19-/m1/s1. The van der Waals surface area contributed by atoms with Crippen LogP contribution in [-0.4, -0.2) is 32.9 Å². The zero-order chi connectivity index (χ0) is 18.1. The van der Waals surface area contributed by atoms with Crippen LogP contribution in [0.4, 0.5) is 0 Å². The van der Waals surface area contributed by atoms with Crippen molar-refractivity contribution in [3.8, 4) is 0 Å². The molecule has 26 heavy (non-hydrogen) atoms. The maximum Gasteiger partial charge on any atom is 0.326 e. The number of rotatable bonds is 4. The molecule has 1 aromatic heterocycles. The SMILES string of the molecule is O=C(O)[C@H]1Cc2ccccc2CN1C(=O)CCc1c[nH]c2ccccc12. The Morgan fingerprint density at radius 3 is 2.62 bits per heavy atom. The first-order valence-electron chi connectivity index (χ1n) is 8.77. The Labute approximate surface area is 151 Å². The van der Waals surface area contributed by atoms with E-state index in [2.05, 4.69) is 4.98 Å². The van der Waals surface area contributed by atoms with E-state index in [4.69, 9.17) is 0 Å². The van der Waals surface area contributed by atoms with E-state index in [1.54, 1.807) is 0 Å². The molecule has 132 valence electrons. The van der Waals surface area contributed by atoms with Crippen molar-refractivity contribution < 1.29 is 14.7 Å². The Morgan fingerprint density at radius 2 is 1.81 bits per heavy atom. The summed E-state index contributed by atoms with van der Waals surface area (Å²) in [4.78, 5) is 29.2. The summed E-state index contributed by atoms with van der Waals surface area (Å²) >= 11 is 0. The number of amides is 1. The topological polar surface area (TPSA) is 73.4 Å². The van der Waals surface area contributed by atoms with Crippen LogP contribution in [0.2, 0.25) is 0 Å². The number of hydrogen-bond acceptors (Lipinski definition) is 2. The molecule has 2 N–H and O–H groups in total. The maximum atomic E-state index is 12.8. The van der Waals surface area contributed by atoms with Crippen molar-refractivity contribution >= 4 is 22.8 Å². The van der Waals surface area contributed by atoms with E-state index >= 15 is 0 Å². The summed E-state index contributed by atoms with van der Waals surface area (Å²) in [6, 6.07) is 14.9. The van der Waals surface area contributed by atoms with Crippen LogP contribution in [0.1, 0.15) is 23.1 Å². The quantitative estimate of drug-likeness (QED) is 0.761. The first kappa shape index (κ1) is 16.4. The number of para-hydroxylation sites is 1. The molecule has 0 fully saturated rings. The van der Waals surface area contributed by atoms with Crippen LogP contribution in [-0.2, 0) is 29.0 Å². The first-order valence-corrected chi connectivity index (χ1v) is 8.77. The van der Waals surface area contributed by atoms with Gasteiger partial charge in [-0.05, 0) is 29.2 Å². The molecule has 4 rings (SSSR count). The summed E-state index contributed by atoms with van der Waals surface area (Å²) in [6.45, 7) is 0.361. The Balaban J connectivity index is 1.52. The maximum absolute atomic E-state index is 12.8. The van der Waals surface area contributed by atoms with Crippen molar-refractivity contribution in [2.75, 3.05) is 0 Å². The number of carbonyl (C=O) groups is 2. The van der Waals surface area contributed by atoms with Gasteiger partial charge in [-0.3, -0.25) is 4.79 Å². The molecule has 0 spiro atoms. The van der Waals surface area contributed by atoms with E-state index in [1.165, 1.54) is 4.90 Å². The number of aromatic nitrogens is 1. The summed E-state index contributed by atoms with van der Waals surface area (Å²) in [5.74, 6) is -1.06. The van der Waals surface area contributed by atoms with E-state index in [-0.39, 0.29) is 5.91 Å². The van der Waals surface area contributed by atoms with Crippen molar-refractivity contribution in [2.45, 2.75) is 31.8 Å². The van der Waals surface area contributed by atoms with Crippen molar-refractivity contribution in [3.05, 3.63) is 71.4 Å². The van der Waals surface area contributed by atoms with Gasteiger partial charge in [-0.25, -0.2) is 4.79 Å². The highest BCUT2D eigenvalue weighted by atomic mass is 16.4. The minimum atomic E-state index is -0.944. The second-order valence-electron chi connectivity index (χ2n) is 6.71. The number of fused-ring (bicyclic) bond motifs is 2. The van der Waals surface area contributed by atoms with E-state index < -0.39 is 12.0 Å². The first-order chi connectivity index (χ1) is 12.6. The van der Waals surface area contributed by atoms with Gasteiger partial charge in [0.25, 0.3) is 0 Å². The average Bonchev–Trinajstić information content (AvgIpc) is 3.08. The third-order valence-corrected chi connectivity index (χ3v) is 5.14. The van der Waals surface area contributed by atoms with Crippen LogP contribution in [0.3, 0.4) is 0 Å². The molecule has 1 aliphatic heterocycles. The molecule has 0 saturated carbocycles. The summed E-state index contributed by atoms with van der Waals surface area (Å²) in [6.07, 6.45) is 3.18. The molecule has 2 aromatic carbocycles. The number of aromatic amines is 1. The number of nitrogens with one attached hydrogen (secondary N) is 1. The Hall–Kier alpha value is -3.08. The van der Waals surface area contributed by atoms with Crippen LogP contribution in [0.5, 0.6) is 0 Å². The van der Waals surface area contributed by atoms with Gasteiger partial charge in [0.2, 0.25) is 5.91 Å². The zero-order valence-electron chi connectivity index (χ0n) is 14.3. The number of aryl methyl sites for hydroxylation is 1. The monoisotopic (exact) mass is 348 g/mol. The van der Waals surface area contributed by atoms with Gasteiger partial charge < -0.3 is 15.0 Å². The number of H-pyrrole nitrogens is 1. The van der Waals surface area contributed by atoms with Crippen LogP contribution in [0.15, 0.2) is 54.7 Å². The molecule has 0 radical (unpaired) electrons. The number of carboxylic acid groups (broad SMARTS) is 1. The zero-order valence-corrected chi connectivity index (χ0v) is 14.3. The van der Waals surface area contributed by atoms with Gasteiger partial charge in [0.15, 0.2) is 0 Å². The smallest absolute Gasteiger partial charge is 0.326 e. The molecular weight excluding hydrogens is 328 g/mol. The minimum absolute atomic E-state index is 0.114. The molecule has 3 aromatic rings. The molecule has 5 heteroatoms. The number of aliphatic carboxylic acids is 1. The summed E-state index contributed by atoms with van der Waals surface area (Å²) in [5.41, 5.74) is 4.18. The predicted octanol–water partition coefficient (Wildman–Crippen LogP) is 3.14. The third-order valence-electron chi connectivity index (χ3n) is 5.14. The molecule has 0 saturated heterocycles. The largest absolute Gasteiger partial charge is 0.480 e. The van der Waals surface area contributed by atoms with E-state index in [1.807, 2.05) is 54.7 Å². The van der Waals surface area contributed by atoms with Gasteiger partial charge >= 0.3 is 5.97 Å². The minimum Gasteiger partial charge on any atom is -0.480 e. The highest BCUT2D eigenvalue weighted by Gasteiger charge is 2.34. The van der Waals surface area contributed by atoms with Crippen LogP contribution in [0.25, 0.3) is 10.9 Å². The van der Waals surface area contributed by atoms with Crippen LogP contribution in [0, 0.1) is 0 Å². The lowest BCUT2D eigenvalue weighted by molar-refractivity contribution is -0.151. The molecule has 2 heterocycles. The number of carboxylic acids is 1. The summed E-state index contributed by atoms with van der Waals surface area (Å²) in [5, 5.41) is 10.7. The highest BCUT2D eigenvalue weighted by Crippen LogP contribution is 2.25. The van der Waals surface area contributed by atoms with Gasteiger partial charge in [0, 0.05) is 36.5 Å². The van der Waals surface area contributed by atoms with Gasteiger partial charge in [-0.2, -0.15) is 0 Å². The second kappa shape index (κ2) is 6.67. The number of carbonyl (C=O) groups excluding carboxylic acids is 1. The molecular formula is C21H20N2O3. The van der Waals surface area contributed by atoms with Crippen LogP contribution >= 0.6 is 0 Å². The fraction of sp³-hybridized carbons (Fsp3) is 0.238. The van der Waals surface area contributed by atoms with E-state index in [0.29, 0.717) is 25.8 Å². The van der Waals surface area contributed by atoms with Crippen molar-refractivity contribution in [2.24, 2.45) is 0 Å². The lowest BCUT2D eigenvalue weighted by atomic mass is 9.93. The van der Waals surface area contributed by atoms with Crippen molar-refractivity contribution in [1.82, 2.24) is 9.88 Å². The molecule has 5 nitrogen and oxygen atoms in total. The van der Waals surface area contributed by atoms with Gasteiger partial charge in [-0.15, -0.1) is 0 Å². The molecule has 1 atom stereocenters. The normalized spacial score (nSPS) is 16.5. The molecule has 0 unspecified atom stereocenters. The molecule has 0 bridgehead atoms. The summed E-state index contributed by atoms with van der Waals surface area (Å²) < 4.78 is 0. The number of benzene rings is 2. The van der Waals surface area contributed by atoms with Gasteiger partial charge in [-0.1, -0.05) is 42.5 Å². The fourth-order valence-corrected chi connectivity index (χ4v) is 3.73. The summed E-state index contributed by atoms with van der Waals surface area (Å²) in [7, 11) is 0. The van der Waals surface area contributed by atoms with Gasteiger partial charge in [0.1, 0.15) is 6.04 Å². The Kier molecular flexibility index (Phi) is 4.21. The van der Waals surface area contributed by atoms with Crippen LogP contribution < -0.4 is 0 Å². The van der Waals surface area contributed by atoms with E-state index in [0.717, 1.165) is 27.6 Å². The predicted molar refractivity (Wildman–Crippen MR) is 98.7 cm³/mol. The molecule has 1 aliphatic rings. The lowest BCUT2D eigenvalue weighted by Crippen LogP contribution is -2.48.